The SMILES string of the molecule is CC(C)(Cc1c(C(=O)C2CCC2)c2cc(OCCc3ccccn3)ccc2n1Cc1ccc(-c2nccs2)cc1)C(=O)O. The summed E-state index contributed by atoms with van der Waals surface area (Å²) in [4.78, 5) is 35.2. The molecule has 220 valence electrons. The fourth-order valence-corrected chi connectivity index (χ4v) is 6.25. The van der Waals surface area contributed by atoms with Crippen LogP contribution in [0.25, 0.3) is 21.5 Å². The smallest absolute Gasteiger partial charge is 0.309 e. The van der Waals surface area contributed by atoms with Crippen LogP contribution in [-0.2, 0) is 24.2 Å². The van der Waals surface area contributed by atoms with Gasteiger partial charge in [0.05, 0.1) is 12.0 Å². The molecule has 1 aliphatic rings. The highest BCUT2D eigenvalue weighted by Gasteiger charge is 2.36. The first-order chi connectivity index (χ1) is 20.8. The van der Waals surface area contributed by atoms with E-state index in [4.69, 9.17) is 4.74 Å². The second-order valence-electron chi connectivity index (χ2n) is 11.9. The molecule has 3 heterocycles. The number of ether oxygens (including phenoxy) is 1. The molecule has 0 unspecified atom stereocenters. The Morgan fingerprint density at radius 2 is 1.86 bits per heavy atom. The standard InChI is InChI=1S/C35H35N3O4S/c1-35(2,34(40)41)21-30-31(32(39)24-6-5-7-24)28-20-27(42-18-15-26-8-3-4-16-36-26)13-14-29(28)38(30)22-23-9-11-25(12-10-23)33-37-17-19-43-33/h3-4,8-14,16-17,19-20,24H,5-7,15,18,21-22H2,1-2H3,(H,40,41). The van der Waals surface area contributed by atoms with Crippen LogP contribution in [0.3, 0.4) is 0 Å². The Morgan fingerprint density at radius 3 is 2.51 bits per heavy atom. The highest BCUT2D eigenvalue weighted by Crippen LogP contribution is 2.39. The molecule has 0 bridgehead atoms. The molecule has 1 N–H and O–H groups in total. The topological polar surface area (TPSA) is 94.3 Å². The number of hydrogen-bond acceptors (Lipinski definition) is 6. The number of carbonyl (C=O) groups is 2. The van der Waals surface area contributed by atoms with E-state index in [0.717, 1.165) is 57.7 Å². The lowest BCUT2D eigenvalue weighted by atomic mass is 9.78. The van der Waals surface area contributed by atoms with Crippen molar-refractivity contribution in [1.82, 2.24) is 14.5 Å². The van der Waals surface area contributed by atoms with Gasteiger partial charge in [-0.25, -0.2) is 4.98 Å². The van der Waals surface area contributed by atoms with Crippen LogP contribution in [0.15, 0.2) is 78.4 Å². The van der Waals surface area contributed by atoms with Gasteiger partial charge in [-0.05, 0) is 62.6 Å². The number of fused-ring (bicyclic) bond motifs is 1. The number of carboxylic acid groups (broad SMARTS) is 1. The number of ketones is 1. The Hall–Kier alpha value is -4.30. The third-order valence-corrected chi connectivity index (χ3v) is 9.20. The largest absolute Gasteiger partial charge is 0.493 e. The van der Waals surface area contributed by atoms with Gasteiger partial charge in [-0.3, -0.25) is 14.6 Å². The number of benzene rings is 2. The predicted molar refractivity (Wildman–Crippen MR) is 169 cm³/mol. The molecule has 8 heteroatoms. The summed E-state index contributed by atoms with van der Waals surface area (Å²) >= 11 is 1.60. The van der Waals surface area contributed by atoms with Crippen LogP contribution in [0.4, 0.5) is 0 Å². The highest BCUT2D eigenvalue weighted by atomic mass is 32.1. The van der Waals surface area contributed by atoms with E-state index in [1.165, 1.54) is 0 Å². The van der Waals surface area contributed by atoms with E-state index < -0.39 is 11.4 Å². The molecule has 0 aliphatic heterocycles. The summed E-state index contributed by atoms with van der Waals surface area (Å²) in [6, 6.07) is 20.0. The van der Waals surface area contributed by atoms with Crippen LogP contribution in [-0.4, -0.2) is 38.0 Å². The minimum Gasteiger partial charge on any atom is -0.493 e. The molecule has 0 amide bonds. The monoisotopic (exact) mass is 593 g/mol. The van der Waals surface area contributed by atoms with Gasteiger partial charge in [0.25, 0.3) is 0 Å². The molecular weight excluding hydrogens is 558 g/mol. The number of aliphatic carboxylic acids is 1. The third kappa shape index (κ3) is 6.11. The Bertz CT molecular complexity index is 1740. The maximum Gasteiger partial charge on any atom is 0.309 e. The fraction of sp³-hybridized carbons (Fsp3) is 0.314. The molecule has 0 saturated heterocycles. The molecule has 1 saturated carbocycles. The molecular formula is C35H35N3O4S. The van der Waals surface area contributed by atoms with Crippen molar-refractivity contribution < 1.29 is 19.4 Å². The summed E-state index contributed by atoms with van der Waals surface area (Å²) in [5.41, 5.74) is 4.33. The highest BCUT2D eigenvalue weighted by molar-refractivity contribution is 7.13. The van der Waals surface area contributed by atoms with Crippen molar-refractivity contribution in [3.8, 4) is 16.3 Å². The van der Waals surface area contributed by atoms with Gasteiger partial charge >= 0.3 is 5.97 Å². The van der Waals surface area contributed by atoms with E-state index in [-0.39, 0.29) is 18.1 Å². The van der Waals surface area contributed by atoms with Crippen molar-refractivity contribution in [2.45, 2.75) is 52.5 Å². The van der Waals surface area contributed by atoms with Crippen LogP contribution < -0.4 is 4.74 Å². The summed E-state index contributed by atoms with van der Waals surface area (Å²) < 4.78 is 8.29. The molecule has 1 aliphatic carbocycles. The number of pyridine rings is 1. The summed E-state index contributed by atoms with van der Waals surface area (Å²) in [5, 5.41) is 13.8. The number of aromatic nitrogens is 3. The van der Waals surface area contributed by atoms with Crippen LogP contribution in [0.2, 0.25) is 0 Å². The number of nitrogens with zero attached hydrogens (tertiary/aromatic N) is 3. The maximum absolute atomic E-state index is 14.1. The Kier molecular flexibility index (Phi) is 8.13. The third-order valence-electron chi connectivity index (χ3n) is 8.38. The summed E-state index contributed by atoms with van der Waals surface area (Å²) in [6.45, 7) is 4.42. The van der Waals surface area contributed by atoms with E-state index in [1.807, 2.05) is 41.8 Å². The minimum absolute atomic E-state index is 0.0305. The van der Waals surface area contributed by atoms with Gasteiger partial charge < -0.3 is 14.4 Å². The van der Waals surface area contributed by atoms with Gasteiger partial charge in [0.15, 0.2) is 5.78 Å². The molecule has 2 aromatic carbocycles. The number of hydrogen-bond donors (Lipinski definition) is 1. The first kappa shape index (κ1) is 28.8. The predicted octanol–water partition coefficient (Wildman–Crippen LogP) is 7.47. The number of carbonyl (C=O) groups excluding carboxylic acids is 1. The van der Waals surface area contributed by atoms with Gasteiger partial charge in [-0.2, -0.15) is 0 Å². The molecule has 3 aromatic heterocycles. The number of Topliss-reactive ketones (excluding diaryl/α,β-unsaturated/α-hetero) is 1. The van der Waals surface area contributed by atoms with Gasteiger partial charge in [-0.15, -0.1) is 11.3 Å². The van der Waals surface area contributed by atoms with Crippen LogP contribution in [0, 0.1) is 11.3 Å². The molecule has 5 aromatic rings. The Labute approximate surface area is 255 Å². The second-order valence-corrected chi connectivity index (χ2v) is 12.8. The van der Waals surface area contributed by atoms with Crippen molar-refractivity contribution in [3.05, 3.63) is 101 Å². The van der Waals surface area contributed by atoms with E-state index >= 15 is 0 Å². The fourth-order valence-electron chi connectivity index (χ4n) is 5.61. The van der Waals surface area contributed by atoms with E-state index in [2.05, 4.69) is 38.8 Å². The van der Waals surface area contributed by atoms with E-state index in [9.17, 15) is 14.7 Å². The van der Waals surface area contributed by atoms with Crippen molar-refractivity contribution in [3.63, 3.8) is 0 Å². The van der Waals surface area contributed by atoms with Crippen molar-refractivity contribution in [2.75, 3.05) is 6.61 Å². The normalized spacial score (nSPS) is 13.6. The first-order valence-electron chi connectivity index (χ1n) is 14.7. The molecule has 43 heavy (non-hydrogen) atoms. The van der Waals surface area contributed by atoms with Crippen LogP contribution in [0.1, 0.15) is 60.4 Å². The van der Waals surface area contributed by atoms with Crippen molar-refractivity contribution in [1.29, 1.82) is 0 Å². The van der Waals surface area contributed by atoms with E-state index in [0.29, 0.717) is 30.9 Å². The molecule has 1 fully saturated rings. The number of thiazole rings is 1. The number of carboxylic acids is 1. The van der Waals surface area contributed by atoms with Gasteiger partial charge in [0, 0.05) is 76.5 Å². The molecule has 0 atom stereocenters. The lowest BCUT2D eigenvalue weighted by Gasteiger charge is -2.26. The van der Waals surface area contributed by atoms with Crippen LogP contribution in [0.5, 0.6) is 5.75 Å². The zero-order valence-electron chi connectivity index (χ0n) is 24.5. The molecule has 0 spiro atoms. The van der Waals surface area contributed by atoms with Crippen molar-refractivity contribution in [2.24, 2.45) is 11.3 Å². The van der Waals surface area contributed by atoms with Gasteiger partial charge in [0.1, 0.15) is 10.8 Å². The van der Waals surface area contributed by atoms with Gasteiger partial charge in [0.2, 0.25) is 0 Å². The zero-order valence-corrected chi connectivity index (χ0v) is 25.3. The Morgan fingerprint density at radius 1 is 1.05 bits per heavy atom. The first-order valence-corrected chi connectivity index (χ1v) is 15.6. The summed E-state index contributed by atoms with van der Waals surface area (Å²) in [7, 11) is 0. The minimum atomic E-state index is -1.06. The molecule has 6 rings (SSSR count). The quantitative estimate of drug-likeness (QED) is 0.151. The molecule has 7 nitrogen and oxygen atoms in total. The average molecular weight is 594 g/mol. The lowest BCUT2D eigenvalue weighted by Crippen LogP contribution is -2.29. The summed E-state index contributed by atoms with van der Waals surface area (Å²) in [5.74, 6) is -0.134. The van der Waals surface area contributed by atoms with Crippen LogP contribution >= 0.6 is 11.3 Å². The van der Waals surface area contributed by atoms with Gasteiger partial charge in [-0.1, -0.05) is 36.8 Å². The van der Waals surface area contributed by atoms with Crippen molar-refractivity contribution >= 4 is 34.0 Å². The van der Waals surface area contributed by atoms with E-state index in [1.54, 1.807) is 37.6 Å². The molecule has 0 radical (unpaired) electrons. The zero-order chi connectivity index (χ0) is 30.0. The Balaban J connectivity index is 1.41. The lowest BCUT2D eigenvalue weighted by molar-refractivity contribution is -0.146. The number of rotatable bonds is 12. The maximum atomic E-state index is 14.1. The second kappa shape index (κ2) is 12.1. The average Bonchev–Trinajstić information content (AvgIpc) is 3.60. The summed E-state index contributed by atoms with van der Waals surface area (Å²) in [6.07, 6.45) is 7.25.